The first kappa shape index (κ1) is 14.7. The van der Waals surface area contributed by atoms with Gasteiger partial charge in [0.1, 0.15) is 0 Å². The fraction of sp³-hybridized carbons (Fsp3) is 0.333. The molecule has 0 bridgehead atoms. The summed E-state index contributed by atoms with van der Waals surface area (Å²) in [5, 5.41) is 7.32. The van der Waals surface area contributed by atoms with Crippen molar-refractivity contribution in [1.29, 1.82) is 0 Å². The van der Waals surface area contributed by atoms with E-state index in [0.717, 1.165) is 22.6 Å². The Kier molecular flexibility index (Phi) is 4.84. The Morgan fingerprint density at radius 2 is 2.15 bits per heavy atom. The molecule has 0 fully saturated rings. The summed E-state index contributed by atoms with van der Waals surface area (Å²) in [6.07, 6.45) is 0.421. The summed E-state index contributed by atoms with van der Waals surface area (Å²) >= 11 is 4.05. The topological polar surface area (TPSA) is 46.9 Å². The number of hydrogen-bond acceptors (Lipinski definition) is 3. The fourth-order valence-electron chi connectivity index (χ4n) is 2.08. The van der Waals surface area contributed by atoms with Gasteiger partial charge in [-0.05, 0) is 43.4 Å². The number of carbonyl (C=O) groups is 1. The maximum atomic E-state index is 11.6. The van der Waals surface area contributed by atoms with Crippen molar-refractivity contribution in [2.45, 2.75) is 26.8 Å². The van der Waals surface area contributed by atoms with E-state index in [9.17, 15) is 4.79 Å². The van der Waals surface area contributed by atoms with Gasteiger partial charge in [-0.15, -0.1) is 0 Å². The van der Waals surface area contributed by atoms with Gasteiger partial charge in [0, 0.05) is 17.8 Å². The fourth-order valence-corrected chi connectivity index (χ4v) is 2.28. The van der Waals surface area contributed by atoms with E-state index in [1.807, 2.05) is 42.8 Å². The summed E-state index contributed by atoms with van der Waals surface area (Å²) < 4.78 is 1.96. The first-order chi connectivity index (χ1) is 9.58. The smallest absolute Gasteiger partial charge is 0.225 e. The normalized spacial score (nSPS) is 10.6. The molecule has 1 amide bonds. The molecule has 0 atom stereocenters. The monoisotopic (exact) mass is 289 g/mol. The number of aromatic nitrogens is 2. The van der Waals surface area contributed by atoms with Crippen LogP contribution in [0.3, 0.4) is 0 Å². The number of nitrogens with one attached hydrogen (secondary N) is 1. The van der Waals surface area contributed by atoms with Gasteiger partial charge in [0.15, 0.2) is 0 Å². The van der Waals surface area contributed by atoms with Crippen LogP contribution in [0, 0.1) is 13.8 Å². The summed E-state index contributed by atoms with van der Waals surface area (Å²) in [4.78, 5) is 11.6. The minimum absolute atomic E-state index is 0.0109. The van der Waals surface area contributed by atoms with Gasteiger partial charge in [-0.2, -0.15) is 17.7 Å². The number of carbonyl (C=O) groups excluding carboxylic acids is 1. The van der Waals surface area contributed by atoms with Crippen LogP contribution in [0.15, 0.2) is 30.3 Å². The standard InChI is InChI=1S/C15H19N3OS/c1-11-8-12(2)18(17-11)10-13-4-3-5-14(9-13)16-15(19)6-7-20/h3-5,8-9,20H,6-7,10H2,1-2H3,(H,16,19). The van der Waals surface area contributed by atoms with Crippen molar-refractivity contribution in [3.05, 3.63) is 47.3 Å². The molecule has 0 aliphatic heterocycles. The van der Waals surface area contributed by atoms with Crippen LogP contribution < -0.4 is 5.32 Å². The molecule has 20 heavy (non-hydrogen) atoms. The molecule has 0 unspecified atom stereocenters. The molecule has 0 saturated heterocycles. The van der Waals surface area contributed by atoms with Crippen molar-refractivity contribution < 1.29 is 4.79 Å². The van der Waals surface area contributed by atoms with Crippen molar-refractivity contribution in [1.82, 2.24) is 9.78 Å². The lowest BCUT2D eigenvalue weighted by molar-refractivity contribution is -0.115. The molecular weight excluding hydrogens is 270 g/mol. The summed E-state index contributed by atoms with van der Waals surface area (Å²) in [6.45, 7) is 4.73. The van der Waals surface area contributed by atoms with Gasteiger partial charge in [0.05, 0.1) is 12.2 Å². The van der Waals surface area contributed by atoms with Crippen molar-refractivity contribution in [2.75, 3.05) is 11.1 Å². The molecule has 0 aliphatic carbocycles. The number of nitrogens with zero attached hydrogens (tertiary/aromatic N) is 2. The Hall–Kier alpha value is -1.75. The molecule has 1 heterocycles. The Labute approximate surface area is 124 Å². The first-order valence-corrected chi connectivity index (χ1v) is 7.22. The zero-order valence-electron chi connectivity index (χ0n) is 11.8. The van der Waals surface area contributed by atoms with Crippen LogP contribution >= 0.6 is 12.6 Å². The number of amides is 1. The van der Waals surface area contributed by atoms with E-state index in [1.165, 1.54) is 0 Å². The number of anilines is 1. The zero-order chi connectivity index (χ0) is 14.5. The van der Waals surface area contributed by atoms with Gasteiger partial charge in [0.2, 0.25) is 5.91 Å². The molecule has 4 nitrogen and oxygen atoms in total. The third-order valence-corrected chi connectivity index (χ3v) is 3.21. The maximum Gasteiger partial charge on any atom is 0.225 e. The molecule has 5 heteroatoms. The van der Waals surface area contributed by atoms with Crippen LogP contribution in [-0.2, 0) is 11.3 Å². The van der Waals surface area contributed by atoms with Gasteiger partial charge in [0.25, 0.3) is 0 Å². The predicted octanol–water partition coefficient (Wildman–Crippen LogP) is 2.81. The molecule has 0 spiro atoms. The van der Waals surface area contributed by atoms with Gasteiger partial charge in [-0.1, -0.05) is 12.1 Å². The van der Waals surface area contributed by atoms with Crippen LogP contribution in [0.25, 0.3) is 0 Å². The van der Waals surface area contributed by atoms with Crippen LogP contribution in [0.2, 0.25) is 0 Å². The SMILES string of the molecule is Cc1cc(C)n(Cc2cccc(NC(=O)CCS)c2)n1. The Balaban J connectivity index is 2.09. The van der Waals surface area contributed by atoms with E-state index in [1.54, 1.807) is 0 Å². The molecule has 2 aromatic rings. The van der Waals surface area contributed by atoms with Gasteiger partial charge >= 0.3 is 0 Å². The largest absolute Gasteiger partial charge is 0.326 e. The lowest BCUT2D eigenvalue weighted by atomic mass is 10.2. The summed E-state index contributed by atoms with van der Waals surface area (Å²) in [6, 6.07) is 9.90. The minimum Gasteiger partial charge on any atom is -0.326 e. The van der Waals surface area contributed by atoms with Gasteiger partial charge in [-0.3, -0.25) is 9.48 Å². The van der Waals surface area contributed by atoms with Crippen LogP contribution in [-0.4, -0.2) is 21.4 Å². The average Bonchev–Trinajstić information content (AvgIpc) is 2.68. The lowest BCUT2D eigenvalue weighted by Gasteiger charge is -2.08. The van der Waals surface area contributed by atoms with Gasteiger partial charge in [-0.25, -0.2) is 0 Å². The van der Waals surface area contributed by atoms with Crippen LogP contribution in [0.4, 0.5) is 5.69 Å². The Morgan fingerprint density at radius 3 is 2.80 bits per heavy atom. The Bertz CT molecular complexity index is 607. The average molecular weight is 289 g/mol. The second kappa shape index (κ2) is 6.61. The number of benzene rings is 1. The predicted molar refractivity (Wildman–Crippen MR) is 84.3 cm³/mol. The van der Waals surface area contributed by atoms with E-state index < -0.39 is 0 Å². The summed E-state index contributed by atoms with van der Waals surface area (Å²) in [5.74, 6) is 0.542. The molecular formula is C15H19N3OS. The molecule has 2 rings (SSSR count). The highest BCUT2D eigenvalue weighted by atomic mass is 32.1. The van der Waals surface area contributed by atoms with Gasteiger partial charge < -0.3 is 5.32 Å². The molecule has 1 N–H and O–H groups in total. The van der Waals surface area contributed by atoms with E-state index in [4.69, 9.17) is 0 Å². The first-order valence-electron chi connectivity index (χ1n) is 6.59. The number of hydrogen-bond donors (Lipinski definition) is 2. The highest BCUT2D eigenvalue weighted by Gasteiger charge is 2.04. The van der Waals surface area contributed by atoms with E-state index in [-0.39, 0.29) is 5.91 Å². The second-order valence-electron chi connectivity index (χ2n) is 4.81. The highest BCUT2D eigenvalue weighted by Crippen LogP contribution is 2.13. The Morgan fingerprint density at radius 1 is 1.35 bits per heavy atom. The highest BCUT2D eigenvalue weighted by molar-refractivity contribution is 7.80. The maximum absolute atomic E-state index is 11.6. The molecule has 106 valence electrons. The second-order valence-corrected chi connectivity index (χ2v) is 5.25. The quantitative estimate of drug-likeness (QED) is 0.832. The molecule has 0 aliphatic rings. The molecule has 1 aromatic carbocycles. The zero-order valence-corrected chi connectivity index (χ0v) is 12.7. The third-order valence-electron chi connectivity index (χ3n) is 2.99. The van der Waals surface area contributed by atoms with Crippen LogP contribution in [0.1, 0.15) is 23.4 Å². The number of thiol groups is 1. The number of aryl methyl sites for hydroxylation is 2. The summed E-state index contributed by atoms with van der Waals surface area (Å²) in [7, 11) is 0. The van der Waals surface area contributed by atoms with Crippen molar-refractivity contribution in [3.8, 4) is 0 Å². The van der Waals surface area contributed by atoms with Crippen molar-refractivity contribution >= 4 is 24.2 Å². The minimum atomic E-state index is -0.0109. The van der Waals surface area contributed by atoms with E-state index >= 15 is 0 Å². The van der Waals surface area contributed by atoms with E-state index in [2.05, 4.69) is 29.1 Å². The van der Waals surface area contributed by atoms with E-state index in [0.29, 0.717) is 18.7 Å². The number of rotatable bonds is 5. The third kappa shape index (κ3) is 3.87. The van der Waals surface area contributed by atoms with Crippen molar-refractivity contribution in [2.24, 2.45) is 0 Å². The molecule has 1 aromatic heterocycles. The lowest BCUT2D eigenvalue weighted by Crippen LogP contribution is -2.12. The molecule has 0 saturated carbocycles. The van der Waals surface area contributed by atoms with Crippen molar-refractivity contribution in [3.63, 3.8) is 0 Å². The van der Waals surface area contributed by atoms with Crippen LogP contribution in [0.5, 0.6) is 0 Å². The molecule has 0 radical (unpaired) electrons. The summed E-state index contributed by atoms with van der Waals surface area (Å²) in [5.41, 5.74) is 4.07.